The molecule has 2 aromatic rings. The summed E-state index contributed by atoms with van der Waals surface area (Å²) < 4.78 is 5.88. The number of rotatable bonds is 6. The normalized spacial score (nSPS) is 16.0. The Labute approximate surface area is 159 Å². The van der Waals surface area contributed by atoms with Crippen LogP contribution in [0.5, 0.6) is 0 Å². The van der Waals surface area contributed by atoms with Crippen LogP contribution in [0.2, 0.25) is 5.02 Å². The van der Waals surface area contributed by atoms with Crippen LogP contribution < -0.4 is 5.01 Å². The van der Waals surface area contributed by atoms with E-state index in [4.69, 9.17) is 16.3 Å². The van der Waals surface area contributed by atoms with Gasteiger partial charge in [-0.2, -0.15) is 0 Å². The second-order valence-corrected chi connectivity index (χ2v) is 6.23. The molecule has 0 radical (unpaired) electrons. The first kappa shape index (κ1) is 18.6. The number of nitro groups is 2. The first-order chi connectivity index (χ1) is 12.9. The maximum atomic E-state index is 11.5. The number of non-ortho nitro benzene ring substituents is 1. The van der Waals surface area contributed by atoms with E-state index in [9.17, 15) is 20.2 Å². The molecule has 0 aliphatic carbocycles. The third-order valence-electron chi connectivity index (χ3n) is 3.92. The third-order valence-corrected chi connectivity index (χ3v) is 4.17. The molecule has 1 heterocycles. The van der Waals surface area contributed by atoms with Crippen molar-refractivity contribution >= 4 is 34.6 Å². The lowest BCUT2D eigenvalue weighted by molar-refractivity contribution is -0.393. The van der Waals surface area contributed by atoms with E-state index in [1.807, 2.05) is 6.92 Å². The van der Waals surface area contributed by atoms with Gasteiger partial charge in [0.2, 0.25) is 12.1 Å². The molecule has 27 heavy (non-hydrogen) atoms. The minimum Gasteiger partial charge on any atom is -0.450 e. The smallest absolute Gasteiger partial charge is 0.301 e. The minimum atomic E-state index is -0.732. The van der Waals surface area contributed by atoms with Crippen molar-refractivity contribution in [2.24, 2.45) is 5.10 Å². The zero-order valence-electron chi connectivity index (χ0n) is 14.2. The molecule has 0 spiro atoms. The summed E-state index contributed by atoms with van der Waals surface area (Å²) in [6.45, 7) is 1.96. The highest BCUT2D eigenvalue weighted by Crippen LogP contribution is 2.40. The summed E-state index contributed by atoms with van der Waals surface area (Å²) in [4.78, 5) is 21.1. The van der Waals surface area contributed by atoms with Crippen molar-refractivity contribution in [1.29, 1.82) is 0 Å². The van der Waals surface area contributed by atoms with Crippen molar-refractivity contribution in [2.45, 2.75) is 26.0 Å². The molecule has 0 saturated carbocycles. The van der Waals surface area contributed by atoms with E-state index in [0.717, 1.165) is 12.5 Å². The molecule has 0 N–H and O–H groups in total. The summed E-state index contributed by atoms with van der Waals surface area (Å²) in [5.41, 5.74) is 0.0122. The van der Waals surface area contributed by atoms with Gasteiger partial charge in [0.1, 0.15) is 5.69 Å². The van der Waals surface area contributed by atoms with Crippen LogP contribution in [0.15, 0.2) is 47.6 Å². The fourth-order valence-corrected chi connectivity index (χ4v) is 2.81. The van der Waals surface area contributed by atoms with E-state index >= 15 is 0 Å². The molecule has 9 nitrogen and oxygen atoms in total. The number of ether oxygens (including phenoxy) is 1. The van der Waals surface area contributed by atoms with Gasteiger partial charge in [0.15, 0.2) is 0 Å². The van der Waals surface area contributed by atoms with E-state index in [1.165, 1.54) is 17.1 Å². The summed E-state index contributed by atoms with van der Waals surface area (Å²) in [5, 5.41) is 28.7. The van der Waals surface area contributed by atoms with Gasteiger partial charge in [-0.25, -0.2) is 5.01 Å². The minimum absolute atomic E-state index is 0.108. The number of hydrazone groups is 1. The Morgan fingerprint density at radius 2 is 1.85 bits per heavy atom. The van der Waals surface area contributed by atoms with E-state index < -0.39 is 21.8 Å². The van der Waals surface area contributed by atoms with Crippen molar-refractivity contribution in [1.82, 2.24) is 0 Å². The van der Waals surface area contributed by atoms with Crippen LogP contribution in [0.25, 0.3) is 0 Å². The molecule has 1 unspecified atom stereocenters. The van der Waals surface area contributed by atoms with E-state index in [0.29, 0.717) is 22.9 Å². The fraction of sp³-hybridized carbons (Fsp3) is 0.235. The maximum Gasteiger partial charge on any atom is 0.301 e. The molecule has 3 rings (SSSR count). The molecule has 10 heteroatoms. The number of anilines is 1. The van der Waals surface area contributed by atoms with Crippen molar-refractivity contribution in [2.75, 3.05) is 5.01 Å². The quantitative estimate of drug-likeness (QED) is 0.517. The molecule has 0 bridgehead atoms. The number of halogens is 1. The standard InChI is InChI=1S/C17H15ClN4O5/c1-2-3-16-19-20(17(27-16)11-4-6-12(18)7-5-11)14-9-8-13(21(23)24)10-15(14)22(25)26/h4-10,17H,2-3H2,1H3. The molecule has 1 atom stereocenters. The van der Waals surface area contributed by atoms with Gasteiger partial charge >= 0.3 is 5.69 Å². The average molecular weight is 391 g/mol. The van der Waals surface area contributed by atoms with Gasteiger partial charge < -0.3 is 4.74 Å². The highest BCUT2D eigenvalue weighted by Gasteiger charge is 2.35. The predicted octanol–water partition coefficient (Wildman–Crippen LogP) is 4.81. The van der Waals surface area contributed by atoms with Gasteiger partial charge in [-0.05, 0) is 24.6 Å². The molecule has 0 aromatic heterocycles. The molecule has 140 valence electrons. The molecule has 2 aromatic carbocycles. The highest BCUT2D eigenvalue weighted by atomic mass is 35.5. The van der Waals surface area contributed by atoms with Crippen LogP contribution in [0.3, 0.4) is 0 Å². The first-order valence-corrected chi connectivity index (χ1v) is 8.50. The number of nitrogens with zero attached hydrogens (tertiary/aromatic N) is 4. The van der Waals surface area contributed by atoms with Crippen LogP contribution in [0.4, 0.5) is 17.1 Å². The van der Waals surface area contributed by atoms with Crippen LogP contribution in [-0.2, 0) is 4.74 Å². The Kier molecular flexibility index (Phi) is 5.22. The van der Waals surface area contributed by atoms with E-state index in [-0.39, 0.29) is 11.4 Å². The van der Waals surface area contributed by atoms with Crippen LogP contribution >= 0.6 is 11.6 Å². The fourth-order valence-electron chi connectivity index (χ4n) is 2.68. The maximum absolute atomic E-state index is 11.5. The molecule has 0 amide bonds. The zero-order valence-corrected chi connectivity index (χ0v) is 15.0. The van der Waals surface area contributed by atoms with E-state index in [2.05, 4.69) is 5.10 Å². The first-order valence-electron chi connectivity index (χ1n) is 8.12. The van der Waals surface area contributed by atoms with Crippen molar-refractivity contribution in [3.05, 3.63) is 73.3 Å². The summed E-state index contributed by atoms with van der Waals surface area (Å²) >= 11 is 5.93. The molecule has 0 saturated heterocycles. The van der Waals surface area contributed by atoms with Crippen molar-refractivity contribution < 1.29 is 14.6 Å². The van der Waals surface area contributed by atoms with Crippen molar-refractivity contribution in [3.8, 4) is 0 Å². The summed E-state index contributed by atoms with van der Waals surface area (Å²) in [6.07, 6.45) is 0.605. The molecule has 1 aliphatic rings. The SMILES string of the molecule is CCCC1=NN(c2ccc([N+](=O)[O-])cc2[N+](=O)[O-])C(c2ccc(Cl)cc2)O1. The molecule has 0 fully saturated rings. The molecular weight excluding hydrogens is 376 g/mol. The summed E-state index contributed by atoms with van der Waals surface area (Å²) in [7, 11) is 0. The lowest BCUT2D eigenvalue weighted by Gasteiger charge is -2.22. The van der Waals surface area contributed by atoms with Gasteiger partial charge in [0.25, 0.3) is 5.69 Å². The van der Waals surface area contributed by atoms with Crippen LogP contribution in [-0.4, -0.2) is 15.7 Å². The topological polar surface area (TPSA) is 111 Å². The van der Waals surface area contributed by atoms with Gasteiger partial charge in [-0.1, -0.05) is 30.7 Å². The van der Waals surface area contributed by atoms with Gasteiger partial charge in [0, 0.05) is 23.1 Å². The lowest BCUT2D eigenvalue weighted by atomic mass is 10.1. The van der Waals surface area contributed by atoms with E-state index in [1.54, 1.807) is 24.3 Å². The monoisotopic (exact) mass is 390 g/mol. The number of hydrogen-bond acceptors (Lipinski definition) is 7. The summed E-state index contributed by atoms with van der Waals surface area (Å²) in [5.74, 6) is 0.435. The van der Waals surface area contributed by atoms with Crippen molar-refractivity contribution in [3.63, 3.8) is 0 Å². The molecule has 1 aliphatic heterocycles. The third kappa shape index (κ3) is 3.82. The number of hydrogen-bond donors (Lipinski definition) is 0. The van der Waals surface area contributed by atoms with Gasteiger partial charge in [-0.15, -0.1) is 5.10 Å². The number of benzene rings is 2. The Morgan fingerprint density at radius 3 is 2.44 bits per heavy atom. The second kappa shape index (κ2) is 7.58. The Bertz CT molecular complexity index is 916. The second-order valence-electron chi connectivity index (χ2n) is 5.80. The molecular formula is C17H15ClN4O5. The van der Waals surface area contributed by atoms with Gasteiger partial charge in [-0.3, -0.25) is 20.2 Å². The Hall–Kier alpha value is -3.20. The average Bonchev–Trinajstić information content (AvgIpc) is 3.05. The largest absolute Gasteiger partial charge is 0.450 e. The Morgan fingerprint density at radius 1 is 1.15 bits per heavy atom. The lowest BCUT2D eigenvalue weighted by Crippen LogP contribution is -2.21. The number of nitro benzene ring substituents is 2. The zero-order chi connectivity index (χ0) is 19.6. The Balaban J connectivity index is 2.08. The predicted molar refractivity (Wildman–Crippen MR) is 99.9 cm³/mol. The summed E-state index contributed by atoms with van der Waals surface area (Å²) in [6, 6.07) is 10.3. The van der Waals surface area contributed by atoms with Crippen LogP contribution in [0, 0.1) is 20.2 Å². The highest BCUT2D eigenvalue weighted by molar-refractivity contribution is 6.30. The van der Waals surface area contributed by atoms with Gasteiger partial charge in [0.05, 0.1) is 15.9 Å². The van der Waals surface area contributed by atoms with Crippen LogP contribution in [0.1, 0.15) is 31.6 Å².